The number of nitrogens with two attached hydrogens (primary N) is 1. The Labute approximate surface area is 129 Å². The lowest BCUT2D eigenvalue weighted by Crippen LogP contribution is -2.21. The van der Waals surface area contributed by atoms with E-state index in [4.69, 9.17) is 5.73 Å². The standard InChI is InChI=1S/C17H20IN/c1-13(11-14-7-9-16(18)10-8-14)17(12-19)15-5-3-2-4-6-15/h2-10,13,17H,11-12,19H2,1H3. The zero-order valence-electron chi connectivity index (χ0n) is 11.2. The molecule has 0 saturated heterocycles. The van der Waals surface area contributed by atoms with E-state index in [0.717, 1.165) is 6.42 Å². The molecule has 2 rings (SSSR count). The largest absolute Gasteiger partial charge is 0.330 e. The summed E-state index contributed by atoms with van der Waals surface area (Å²) >= 11 is 2.34. The molecule has 1 nitrogen and oxygen atoms in total. The van der Waals surface area contributed by atoms with E-state index in [-0.39, 0.29) is 0 Å². The molecule has 0 heterocycles. The summed E-state index contributed by atoms with van der Waals surface area (Å²) < 4.78 is 1.28. The average Bonchev–Trinajstić information content (AvgIpc) is 2.43. The average molecular weight is 365 g/mol. The van der Waals surface area contributed by atoms with Gasteiger partial charge in [0.05, 0.1) is 0 Å². The van der Waals surface area contributed by atoms with Crippen molar-refractivity contribution in [1.29, 1.82) is 0 Å². The van der Waals surface area contributed by atoms with Crippen LogP contribution >= 0.6 is 22.6 Å². The highest BCUT2D eigenvalue weighted by Gasteiger charge is 2.17. The van der Waals surface area contributed by atoms with Crippen molar-refractivity contribution in [2.75, 3.05) is 6.54 Å². The Balaban J connectivity index is 2.09. The van der Waals surface area contributed by atoms with Crippen LogP contribution in [0.2, 0.25) is 0 Å². The third-order valence-corrected chi connectivity index (χ3v) is 4.36. The molecule has 0 radical (unpaired) electrons. The number of benzene rings is 2. The molecule has 100 valence electrons. The van der Waals surface area contributed by atoms with Crippen molar-refractivity contribution in [3.63, 3.8) is 0 Å². The molecule has 2 atom stereocenters. The lowest BCUT2D eigenvalue weighted by Gasteiger charge is -2.23. The molecule has 0 saturated carbocycles. The lowest BCUT2D eigenvalue weighted by molar-refractivity contribution is 0.463. The first-order chi connectivity index (χ1) is 9.20. The summed E-state index contributed by atoms with van der Waals surface area (Å²) in [6.07, 6.45) is 1.08. The van der Waals surface area contributed by atoms with Crippen molar-refractivity contribution in [3.8, 4) is 0 Å². The first-order valence-electron chi connectivity index (χ1n) is 6.70. The Morgan fingerprint density at radius 2 is 1.63 bits per heavy atom. The van der Waals surface area contributed by atoms with Crippen molar-refractivity contribution >= 4 is 22.6 Å². The smallest absolute Gasteiger partial charge is 0.0130 e. The second-order valence-corrected chi connectivity index (χ2v) is 6.31. The van der Waals surface area contributed by atoms with E-state index in [1.165, 1.54) is 14.7 Å². The van der Waals surface area contributed by atoms with Gasteiger partial charge in [0.25, 0.3) is 0 Å². The van der Waals surface area contributed by atoms with Crippen LogP contribution < -0.4 is 5.73 Å². The lowest BCUT2D eigenvalue weighted by atomic mass is 9.83. The highest BCUT2D eigenvalue weighted by molar-refractivity contribution is 14.1. The summed E-state index contributed by atoms with van der Waals surface area (Å²) in [6.45, 7) is 3.00. The van der Waals surface area contributed by atoms with E-state index in [0.29, 0.717) is 18.4 Å². The summed E-state index contributed by atoms with van der Waals surface area (Å²) in [7, 11) is 0. The molecule has 2 unspecified atom stereocenters. The van der Waals surface area contributed by atoms with Gasteiger partial charge in [-0.05, 0) is 70.7 Å². The molecule has 0 fully saturated rings. The molecule has 0 bridgehead atoms. The van der Waals surface area contributed by atoms with Gasteiger partial charge in [0, 0.05) is 3.57 Å². The number of hydrogen-bond acceptors (Lipinski definition) is 1. The normalized spacial score (nSPS) is 14.1. The van der Waals surface area contributed by atoms with Gasteiger partial charge < -0.3 is 5.73 Å². The molecule has 0 aliphatic heterocycles. The third kappa shape index (κ3) is 4.05. The fraction of sp³-hybridized carbons (Fsp3) is 0.294. The van der Waals surface area contributed by atoms with Gasteiger partial charge >= 0.3 is 0 Å². The van der Waals surface area contributed by atoms with Crippen molar-refractivity contribution in [2.45, 2.75) is 19.3 Å². The number of rotatable bonds is 5. The van der Waals surface area contributed by atoms with Gasteiger partial charge in [-0.25, -0.2) is 0 Å². The van der Waals surface area contributed by atoms with Gasteiger partial charge in [-0.15, -0.1) is 0 Å². The Hall–Kier alpha value is -0.870. The monoisotopic (exact) mass is 365 g/mol. The van der Waals surface area contributed by atoms with E-state index in [2.05, 4.69) is 84.1 Å². The van der Waals surface area contributed by atoms with Crippen LogP contribution in [0.1, 0.15) is 24.0 Å². The predicted molar refractivity (Wildman–Crippen MR) is 90.3 cm³/mol. The Morgan fingerprint density at radius 1 is 1.00 bits per heavy atom. The second kappa shape index (κ2) is 7.06. The number of hydrogen-bond donors (Lipinski definition) is 1. The summed E-state index contributed by atoms with van der Waals surface area (Å²) in [4.78, 5) is 0. The Bertz CT molecular complexity index is 492. The minimum atomic E-state index is 0.431. The maximum atomic E-state index is 5.98. The van der Waals surface area contributed by atoms with Gasteiger partial charge in [-0.3, -0.25) is 0 Å². The van der Waals surface area contributed by atoms with Crippen LogP contribution in [0, 0.1) is 9.49 Å². The zero-order chi connectivity index (χ0) is 13.7. The molecule has 0 aliphatic carbocycles. The Morgan fingerprint density at radius 3 is 2.21 bits per heavy atom. The quantitative estimate of drug-likeness (QED) is 0.790. The number of halogens is 1. The maximum Gasteiger partial charge on any atom is 0.0130 e. The summed E-state index contributed by atoms with van der Waals surface area (Å²) in [5, 5.41) is 0. The molecular formula is C17H20IN. The molecule has 0 aliphatic rings. The van der Waals surface area contributed by atoms with Gasteiger partial charge in [0.15, 0.2) is 0 Å². The van der Waals surface area contributed by atoms with Gasteiger partial charge in [0.2, 0.25) is 0 Å². The molecule has 2 N–H and O–H groups in total. The molecule has 2 heteroatoms. The molecule has 19 heavy (non-hydrogen) atoms. The van der Waals surface area contributed by atoms with Crippen LogP contribution in [-0.4, -0.2) is 6.54 Å². The van der Waals surface area contributed by atoms with Gasteiger partial charge in [0.1, 0.15) is 0 Å². The van der Waals surface area contributed by atoms with Crippen molar-refractivity contribution in [3.05, 3.63) is 69.3 Å². The molecule has 0 spiro atoms. The fourth-order valence-electron chi connectivity index (χ4n) is 2.53. The minimum absolute atomic E-state index is 0.431. The van der Waals surface area contributed by atoms with Crippen LogP contribution in [0.15, 0.2) is 54.6 Å². The van der Waals surface area contributed by atoms with Gasteiger partial charge in [-0.2, -0.15) is 0 Å². The highest BCUT2D eigenvalue weighted by atomic mass is 127. The summed E-state index contributed by atoms with van der Waals surface area (Å²) in [5.74, 6) is 0.980. The van der Waals surface area contributed by atoms with Gasteiger partial charge in [-0.1, -0.05) is 49.4 Å². The topological polar surface area (TPSA) is 26.0 Å². The van der Waals surface area contributed by atoms with Crippen molar-refractivity contribution in [2.24, 2.45) is 11.7 Å². The van der Waals surface area contributed by atoms with Crippen molar-refractivity contribution in [1.82, 2.24) is 0 Å². The van der Waals surface area contributed by atoms with Crippen molar-refractivity contribution < 1.29 is 0 Å². The zero-order valence-corrected chi connectivity index (χ0v) is 13.4. The van der Waals surface area contributed by atoms with E-state index >= 15 is 0 Å². The SMILES string of the molecule is CC(Cc1ccc(I)cc1)C(CN)c1ccccc1. The Kier molecular flexibility index (Phi) is 5.40. The summed E-state index contributed by atoms with van der Waals surface area (Å²) in [6, 6.07) is 19.4. The summed E-state index contributed by atoms with van der Waals surface area (Å²) in [5.41, 5.74) is 8.72. The second-order valence-electron chi connectivity index (χ2n) is 5.06. The van der Waals surface area contributed by atoms with Crippen LogP contribution in [0.25, 0.3) is 0 Å². The predicted octanol–water partition coefficient (Wildman–Crippen LogP) is 4.21. The fourth-order valence-corrected chi connectivity index (χ4v) is 2.89. The third-order valence-electron chi connectivity index (χ3n) is 3.64. The molecular weight excluding hydrogens is 345 g/mol. The molecule has 0 aromatic heterocycles. The van der Waals surface area contributed by atoms with E-state index in [9.17, 15) is 0 Å². The first-order valence-corrected chi connectivity index (χ1v) is 7.78. The minimum Gasteiger partial charge on any atom is -0.330 e. The molecule has 2 aromatic carbocycles. The van der Waals surface area contributed by atoms with Crippen LogP contribution in [0.3, 0.4) is 0 Å². The molecule has 2 aromatic rings. The van der Waals surface area contributed by atoms with E-state index in [1.54, 1.807) is 0 Å². The molecule has 0 amide bonds. The van der Waals surface area contributed by atoms with Crippen LogP contribution in [-0.2, 0) is 6.42 Å². The first kappa shape index (κ1) is 14.5. The highest BCUT2D eigenvalue weighted by Crippen LogP contribution is 2.26. The van der Waals surface area contributed by atoms with E-state index < -0.39 is 0 Å². The van der Waals surface area contributed by atoms with Crippen LogP contribution in [0.5, 0.6) is 0 Å². The van der Waals surface area contributed by atoms with E-state index in [1.807, 2.05) is 0 Å². The van der Waals surface area contributed by atoms with Crippen LogP contribution in [0.4, 0.5) is 0 Å². The maximum absolute atomic E-state index is 5.98.